The minimum atomic E-state index is -3.34. The van der Waals surface area contributed by atoms with Crippen LogP contribution < -0.4 is 0 Å². The van der Waals surface area contributed by atoms with Gasteiger partial charge in [0.25, 0.3) is 0 Å². The van der Waals surface area contributed by atoms with Gasteiger partial charge in [-0.15, -0.1) is 44.3 Å². The fraction of sp³-hybridized carbons (Fsp3) is 0. The highest BCUT2D eigenvalue weighted by Crippen LogP contribution is 2.60. The SMILES string of the molecule is Cl[Si]1(Cl)C(c2ccccc2)=C(c2ccccc2)[Si](Cl)(Cl)C(c2ccccc2)=C1c1ccccc1. The molecule has 6 heteroatoms. The molecule has 0 radical (unpaired) electrons. The second-order valence-electron chi connectivity index (χ2n) is 8.11. The van der Waals surface area contributed by atoms with Gasteiger partial charge in [-0.3, -0.25) is 0 Å². The first-order valence-corrected chi connectivity index (χ1v) is 18.9. The van der Waals surface area contributed by atoms with Crippen LogP contribution in [0, 0.1) is 0 Å². The smallest absolute Gasteiger partial charge is 0.134 e. The van der Waals surface area contributed by atoms with Crippen molar-refractivity contribution in [3.63, 3.8) is 0 Å². The summed E-state index contributed by atoms with van der Waals surface area (Å²) in [4.78, 5) is 0. The van der Waals surface area contributed by atoms with Crippen molar-refractivity contribution in [2.24, 2.45) is 0 Å². The molecule has 0 nitrogen and oxygen atoms in total. The van der Waals surface area contributed by atoms with E-state index in [0.717, 1.165) is 43.0 Å². The lowest BCUT2D eigenvalue weighted by Crippen LogP contribution is -2.40. The summed E-state index contributed by atoms with van der Waals surface area (Å²) in [7, 11) is 0. The van der Waals surface area contributed by atoms with Crippen LogP contribution in [-0.4, -0.2) is 13.4 Å². The molecule has 34 heavy (non-hydrogen) atoms. The third kappa shape index (κ3) is 4.13. The maximum Gasteiger partial charge on any atom is 0.311 e. The number of hydrogen-bond donors (Lipinski definition) is 0. The van der Waals surface area contributed by atoms with E-state index in [2.05, 4.69) is 0 Å². The maximum absolute atomic E-state index is 7.58. The van der Waals surface area contributed by atoms with Gasteiger partial charge >= 0.3 is 13.4 Å². The van der Waals surface area contributed by atoms with E-state index in [1.807, 2.05) is 121 Å². The molecule has 4 aromatic carbocycles. The van der Waals surface area contributed by atoms with Crippen molar-refractivity contribution in [2.75, 3.05) is 0 Å². The maximum atomic E-state index is 7.58. The fourth-order valence-corrected chi connectivity index (χ4v) is 18.1. The Bertz CT molecular complexity index is 1150. The zero-order chi connectivity index (χ0) is 23.8. The second kappa shape index (κ2) is 9.54. The Hall–Kier alpha value is -2.05. The van der Waals surface area contributed by atoms with Gasteiger partial charge in [-0.1, -0.05) is 121 Å². The zero-order valence-corrected chi connectivity index (χ0v) is 23.1. The van der Waals surface area contributed by atoms with Crippen LogP contribution >= 0.6 is 44.3 Å². The summed E-state index contributed by atoms with van der Waals surface area (Å²) in [6.45, 7) is -6.68. The van der Waals surface area contributed by atoms with Gasteiger partial charge in [0.15, 0.2) is 0 Å². The summed E-state index contributed by atoms with van der Waals surface area (Å²) in [6, 6.07) is 40.2. The second-order valence-corrected chi connectivity index (χ2v) is 20.4. The van der Waals surface area contributed by atoms with E-state index in [1.54, 1.807) is 0 Å². The molecular weight excluding hydrogens is 534 g/mol. The first-order valence-electron chi connectivity index (χ1n) is 10.9. The van der Waals surface area contributed by atoms with Gasteiger partial charge in [0.1, 0.15) is 0 Å². The number of benzene rings is 4. The quantitative estimate of drug-likeness (QED) is 0.174. The zero-order valence-electron chi connectivity index (χ0n) is 18.1. The molecule has 0 fully saturated rings. The van der Waals surface area contributed by atoms with E-state index in [0.29, 0.717) is 0 Å². The summed E-state index contributed by atoms with van der Waals surface area (Å²) in [6.07, 6.45) is 0. The highest BCUT2D eigenvalue weighted by Gasteiger charge is 2.56. The monoisotopic (exact) mass is 552 g/mol. The Labute approximate surface area is 220 Å². The average Bonchev–Trinajstić information content (AvgIpc) is 2.86. The van der Waals surface area contributed by atoms with Crippen LogP contribution in [0.15, 0.2) is 121 Å². The van der Waals surface area contributed by atoms with Crippen molar-refractivity contribution < 1.29 is 0 Å². The molecule has 5 rings (SSSR count). The first-order chi connectivity index (χ1) is 16.4. The molecule has 0 bridgehead atoms. The van der Waals surface area contributed by atoms with Gasteiger partial charge in [0, 0.05) is 0 Å². The highest BCUT2D eigenvalue weighted by atomic mass is 35.7. The van der Waals surface area contributed by atoms with E-state index in [4.69, 9.17) is 44.3 Å². The summed E-state index contributed by atoms with van der Waals surface area (Å²) in [5.41, 5.74) is 3.82. The van der Waals surface area contributed by atoms with Crippen molar-refractivity contribution in [2.45, 2.75) is 0 Å². The molecule has 0 unspecified atom stereocenters. The lowest BCUT2D eigenvalue weighted by atomic mass is 10.1. The van der Waals surface area contributed by atoms with Crippen LogP contribution in [0.4, 0.5) is 0 Å². The van der Waals surface area contributed by atoms with E-state index < -0.39 is 13.4 Å². The summed E-state index contributed by atoms with van der Waals surface area (Å²) < 4.78 is 0. The van der Waals surface area contributed by atoms with Crippen LogP contribution in [0.2, 0.25) is 0 Å². The predicted octanol–water partition coefficient (Wildman–Crippen LogP) is 9.22. The van der Waals surface area contributed by atoms with Crippen LogP contribution in [0.25, 0.3) is 20.8 Å². The van der Waals surface area contributed by atoms with Crippen molar-refractivity contribution in [1.29, 1.82) is 0 Å². The molecule has 0 saturated carbocycles. The third-order valence-corrected chi connectivity index (χ3v) is 15.7. The molecule has 0 amide bonds. The molecule has 0 spiro atoms. The van der Waals surface area contributed by atoms with E-state index in [1.165, 1.54) is 0 Å². The molecule has 1 aliphatic heterocycles. The van der Waals surface area contributed by atoms with Gasteiger partial charge in [-0.2, -0.15) is 0 Å². The van der Waals surface area contributed by atoms with Gasteiger partial charge in [-0.25, -0.2) is 0 Å². The minimum Gasteiger partial charge on any atom is -0.134 e. The predicted molar refractivity (Wildman–Crippen MR) is 154 cm³/mol. The summed E-state index contributed by atoms with van der Waals surface area (Å²) in [5.74, 6) is 0. The molecule has 0 saturated heterocycles. The molecule has 1 aliphatic rings. The van der Waals surface area contributed by atoms with Crippen molar-refractivity contribution in [1.82, 2.24) is 0 Å². The van der Waals surface area contributed by atoms with Crippen molar-refractivity contribution in [3.8, 4) is 0 Å². The fourth-order valence-electron chi connectivity index (χ4n) is 4.60. The van der Waals surface area contributed by atoms with Gasteiger partial charge in [-0.05, 0) is 43.0 Å². The van der Waals surface area contributed by atoms with E-state index in [9.17, 15) is 0 Å². The number of rotatable bonds is 4. The Balaban J connectivity index is 1.94. The average molecular weight is 554 g/mol. The molecule has 168 valence electrons. The standard InChI is InChI=1S/C28H20Cl4Si2/c29-33(30)25(21-13-5-1-6-14-21)26(22-15-7-2-8-16-22)34(31,32)28(24-19-11-4-12-20-24)27(33)23-17-9-3-10-18-23/h1-20H. The lowest BCUT2D eigenvalue weighted by molar-refractivity contribution is 1.60. The molecular formula is C28H20Cl4Si2. The molecule has 1 heterocycles. The van der Waals surface area contributed by atoms with Crippen LogP contribution in [0.1, 0.15) is 22.3 Å². The largest absolute Gasteiger partial charge is 0.311 e. The Morgan fingerprint density at radius 1 is 0.294 bits per heavy atom. The number of halogens is 4. The Kier molecular flexibility index (Phi) is 6.65. The minimum absolute atomic E-state index is 0.873. The van der Waals surface area contributed by atoms with Gasteiger partial charge in [0.2, 0.25) is 0 Å². The molecule has 0 N–H and O–H groups in total. The van der Waals surface area contributed by atoms with Crippen LogP contribution in [0.3, 0.4) is 0 Å². The van der Waals surface area contributed by atoms with Crippen molar-refractivity contribution >= 4 is 78.5 Å². The summed E-state index contributed by atoms with van der Waals surface area (Å²) >= 11 is 30.3. The molecule has 0 aliphatic carbocycles. The van der Waals surface area contributed by atoms with Gasteiger partial charge < -0.3 is 0 Å². The first kappa shape index (κ1) is 23.7. The van der Waals surface area contributed by atoms with Crippen LogP contribution in [0.5, 0.6) is 0 Å². The van der Waals surface area contributed by atoms with Crippen LogP contribution in [-0.2, 0) is 0 Å². The Morgan fingerprint density at radius 3 is 0.647 bits per heavy atom. The Morgan fingerprint density at radius 2 is 0.471 bits per heavy atom. The van der Waals surface area contributed by atoms with Gasteiger partial charge in [0.05, 0.1) is 0 Å². The van der Waals surface area contributed by atoms with Crippen molar-refractivity contribution in [3.05, 3.63) is 144 Å². The summed E-state index contributed by atoms with van der Waals surface area (Å²) in [5, 5.41) is 3.49. The highest BCUT2D eigenvalue weighted by molar-refractivity contribution is 7.69. The van der Waals surface area contributed by atoms with E-state index in [-0.39, 0.29) is 0 Å². The molecule has 0 atom stereocenters. The normalized spacial score (nSPS) is 17.1. The molecule has 0 aromatic heterocycles. The molecule has 4 aromatic rings. The third-order valence-electron chi connectivity index (χ3n) is 6.01. The van der Waals surface area contributed by atoms with E-state index >= 15 is 0 Å². The number of hydrogen-bond acceptors (Lipinski definition) is 0. The lowest BCUT2D eigenvalue weighted by Gasteiger charge is -2.40. The topological polar surface area (TPSA) is 0 Å².